The van der Waals surface area contributed by atoms with Gasteiger partial charge >= 0.3 is 0 Å². The molecule has 2 aromatic rings. The second-order valence-electron chi connectivity index (χ2n) is 5.45. The summed E-state index contributed by atoms with van der Waals surface area (Å²) in [6, 6.07) is 9.78. The molecule has 0 saturated heterocycles. The Balaban J connectivity index is 2.04. The zero-order valence-electron chi connectivity index (χ0n) is 14.1. The third-order valence-electron chi connectivity index (χ3n) is 3.24. The van der Waals surface area contributed by atoms with Gasteiger partial charge in [-0.2, -0.15) is 0 Å². The van der Waals surface area contributed by atoms with Crippen LogP contribution in [0.2, 0.25) is 0 Å². The molecular weight excluding hydrogens is 362 g/mol. The molecule has 0 aliphatic rings. The lowest BCUT2D eigenvalue weighted by molar-refractivity contribution is -0.114. The minimum atomic E-state index is -3.47. The summed E-state index contributed by atoms with van der Waals surface area (Å²) in [5.41, 5.74) is 0.944. The van der Waals surface area contributed by atoms with E-state index in [0.29, 0.717) is 11.3 Å². The Morgan fingerprint density at radius 2 is 1.88 bits per heavy atom. The van der Waals surface area contributed by atoms with Crippen molar-refractivity contribution in [1.29, 1.82) is 0 Å². The minimum Gasteiger partial charge on any atom is -0.347 e. The standard InChI is InChI=1S/C16H19N3O4S2/c1-11(20)18-13-6-4-5-12(9-13)16(21)17-10-14-7-8-15(24-14)25(22,23)19(2)3/h4-9H,10H2,1-3H3,(H,17,21)(H,18,20). The summed E-state index contributed by atoms with van der Waals surface area (Å²) in [6.07, 6.45) is 0. The van der Waals surface area contributed by atoms with Crippen LogP contribution >= 0.6 is 11.3 Å². The maximum absolute atomic E-state index is 12.2. The van der Waals surface area contributed by atoms with E-state index in [9.17, 15) is 18.0 Å². The summed E-state index contributed by atoms with van der Waals surface area (Å²) in [7, 11) is -0.523. The summed E-state index contributed by atoms with van der Waals surface area (Å²) in [4.78, 5) is 24.0. The van der Waals surface area contributed by atoms with Gasteiger partial charge < -0.3 is 10.6 Å². The van der Waals surface area contributed by atoms with Gasteiger partial charge in [0.1, 0.15) is 4.21 Å². The molecule has 1 aromatic carbocycles. The van der Waals surface area contributed by atoms with Gasteiger partial charge in [-0.1, -0.05) is 6.07 Å². The van der Waals surface area contributed by atoms with Crippen molar-refractivity contribution in [2.24, 2.45) is 0 Å². The lowest BCUT2D eigenvalue weighted by atomic mass is 10.2. The maximum Gasteiger partial charge on any atom is 0.252 e. The lowest BCUT2D eigenvalue weighted by Gasteiger charge is -2.08. The molecule has 0 spiro atoms. The highest BCUT2D eigenvalue weighted by atomic mass is 32.2. The molecule has 0 bridgehead atoms. The summed E-state index contributed by atoms with van der Waals surface area (Å²) in [5.74, 6) is -0.525. The van der Waals surface area contributed by atoms with E-state index in [2.05, 4.69) is 10.6 Å². The molecule has 1 heterocycles. The molecule has 25 heavy (non-hydrogen) atoms. The topological polar surface area (TPSA) is 95.6 Å². The SMILES string of the molecule is CC(=O)Nc1cccc(C(=O)NCc2ccc(S(=O)(=O)N(C)C)s2)c1. The Bertz CT molecular complexity index is 888. The molecule has 0 aliphatic heterocycles. The van der Waals surface area contributed by atoms with E-state index in [1.807, 2.05) is 0 Å². The molecule has 7 nitrogen and oxygen atoms in total. The van der Waals surface area contributed by atoms with Crippen molar-refractivity contribution >= 4 is 38.9 Å². The summed E-state index contributed by atoms with van der Waals surface area (Å²) >= 11 is 1.12. The number of anilines is 1. The van der Waals surface area contributed by atoms with Crippen LogP contribution in [0, 0.1) is 0 Å². The number of nitrogens with zero attached hydrogens (tertiary/aromatic N) is 1. The molecular formula is C16H19N3O4S2. The van der Waals surface area contributed by atoms with Crippen LogP contribution in [0.4, 0.5) is 5.69 Å². The number of benzene rings is 1. The van der Waals surface area contributed by atoms with Crippen molar-refractivity contribution in [2.75, 3.05) is 19.4 Å². The summed E-state index contributed by atoms with van der Waals surface area (Å²) in [5, 5.41) is 5.36. The molecule has 0 atom stereocenters. The molecule has 1 aromatic heterocycles. The number of amides is 2. The Labute approximate surface area is 150 Å². The van der Waals surface area contributed by atoms with E-state index < -0.39 is 10.0 Å². The highest BCUT2D eigenvalue weighted by Gasteiger charge is 2.19. The highest BCUT2D eigenvalue weighted by molar-refractivity contribution is 7.91. The van der Waals surface area contributed by atoms with Gasteiger partial charge in [-0.15, -0.1) is 11.3 Å². The summed E-state index contributed by atoms with van der Waals surface area (Å²) < 4.78 is 25.5. The zero-order valence-corrected chi connectivity index (χ0v) is 15.7. The second kappa shape index (κ2) is 7.77. The normalized spacial score (nSPS) is 11.4. The fourth-order valence-corrected chi connectivity index (χ4v) is 4.45. The lowest BCUT2D eigenvalue weighted by Crippen LogP contribution is -2.22. The van der Waals surface area contributed by atoms with Gasteiger partial charge in [0, 0.05) is 37.1 Å². The smallest absolute Gasteiger partial charge is 0.252 e. The third kappa shape index (κ3) is 4.88. The van der Waals surface area contributed by atoms with E-state index in [0.717, 1.165) is 20.5 Å². The van der Waals surface area contributed by atoms with Crippen LogP contribution < -0.4 is 10.6 Å². The van der Waals surface area contributed by atoms with Gasteiger partial charge in [-0.25, -0.2) is 12.7 Å². The Morgan fingerprint density at radius 1 is 1.16 bits per heavy atom. The van der Waals surface area contributed by atoms with Gasteiger partial charge in [-0.05, 0) is 30.3 Å². The van der Waals surface area contributed by atoms with Gasteiger partial charge in [0.15, 0.2) is 0 Å². The van der Waals surface area contributed by atoms with E-state index in [4.69, 9.17) is 0 Å². The van der Waals surface area contributed by atoms with Crippen molar-refractivity contribution in [3.63, 3.8) is 0 Å². The van der Waals surface area contributed by atoms with Crippen molar-refractivity contribution < 1.29 is 18.0 Å². The largest absolute Gasteiger partial charge is 0.347 e. The first-order chi connectivity index (χ1) is 11.7. The number of thiophene rings is 1. The van der Waals surface area contributed by atoms with Crippen molar-refractivity contribution in [3.8, 4) is 0 Å². The van der Waals surface area contributed by atoms with E-state index in [-0.39, 0.29) is 22.6 Å². The molecule has 2 N–H and O–H groups in total. The van der Waals surface area contributed by atoms with Crippen LogP contribution in [-0.4, -0.2) is 38.6 Å². The monoisotopic (exact) mass is 381 g/mol. The highest BCUT2D eigenvalue weighted by Crippen LogP contribution is 2.23. The second-order valence-corrected chi connectivity index (χ2v) is 9.00. The number of carbonyl (C=O) groups is 2. The van der Waals surface area contributed by atoms with Gasteiger partial charge in [0.2, 0.25) is 5.91 Å². The van der Waals surface area contributed by atoms with Crippen LogP contribution in [0.5, 0.6) is 0 Å². The molecule has 0 unspecified atom stereocenters. The number of hydrogen-bond acceptors (Lipinski definition) is 5. The summed E-state index contributed by atoms with van der Waals surface area (Å²) in [6.45, 7) is 1.61. The molecule has 9 heteroatoms. The van der Waals surface area contributed by atoms with E-state index >= 15 is 0 Å². The molecule has 0 fully saturated rings. The Morgan fingerprint density at radius 3 is 2.52 bits per heavy atom. The molecule has 2 rings (SSSR count). The number of nitrogens with one attached hydrogen (secondary N) is 2. The van der Waals surface area contributed by atoms with Crippen LogP contribution in [0.3, 0.4) is 0 Å². The third-order valence-corrected chi connectivity index (χ3v) is 6.61. The number of hydrogen-bond donors (Lipinski definition) is 2. The first kappa shape index (κ1) is 19.1. The quantitative estimate of drug-likeness (QED) is 0.799. The fraction of sp³-hybridized carbons (Fsp3) is 0.250. The number of sulfonamides is 1. The molecule has 0 saturated carbocycles. The Kier molecular flexibility index (Phi) is 5.93. The number of rotatable bonds is 6. The predicted molar refractivity (Wildman–Crippen MR) is 97.1 cm³/mol. The van der Waals surface area contributed by atoms with Crippen LogP contribution in [-0.2, 0) is 21.4 Å². The number of carbonyl (C=O) groups excluding carboxylic acids is 2. The maximum atomic E-state index is 12.2. The van der Waals surface area contributed by atoms with Crippen LogP contribution in [0.1, 0.15) is 22.2 Å². The molecule has 0 radical (unpaired) electrons. The van der Waals surface area contributed by atoms with E-state index in [1.165, 1.54) is 27.1 Å². The average molecular weight is 381 g/mol. The first-order valence-corrected chi connectivity index (χ1v) is 9.63. The predicted octanol–water partition coefficient (Wildman–Crippen LogP) is 1.89. The van der Waals surface area contributed by atoms with Crippen molar-refractivity contribution in [2.45, 2.75) is 17.7 Å². The zero-order chi connectivity index (χ0) is 18.6. The van der Waals surface area contributed by atoms with Crippen LogP contribution in [0.15, 0.2) is 40.6 Å². The Hall–Kier alpha value is -2.23. The minimum absolute atomic E-state index is 0.217. The van der Waals surface area contributed by atoms with Crippen molar-refractivity contribution in [3.05, 3.63) is 46.8 Å². The van der Waals surface area contributed by atoms with Gasteiger partial charge in [0.05, 0.1) is 6.54 Å². The average Bonchev–Trinajstić information content (AvgIpc) is 3.01. The molecule has 0 aliphatic carbocycles. The van der Waals surface area contributed by atoms with Gasteiger partial charge in [-0.3, -0.25) is 9.59 Å². The van der Waals surface area contributed by atoms with Crippen molar-refractivity contribution in [1.82, 2.24) is 9.62 Å². The van der Waals surface area contributed by atoms with Crippen LogP contribution in [0.25, 0.3) is 0 Å². The first-order valence-electron chi connectivity index (χ1n) is 7.37. The molecule has 2 amide bonds. The molecule has 134 valence electrons. The van der Waals surface area contributed by atoms with E-state index in [1.54, 1.807) is 30.3 Å². The fourth-order valence-electron chi connectivity index (χ4n) is 1.98. The van der Waals surface area contributed by atoms with Gasteiger partial charge in [0.25, 0.3) is 15.9 Å².